The zero-order valence-electron chi connectivity index (χ0n) is 12.4. The van der Waals surface area contributed by atoms with E-state index in [2.05, 4.69) is 16.4 Å². The molecule has 0 spiro atoms. The highest BCUT2D eigenvalue weighted by Crippen LogP contribution is 2.24. The van der Waals surface area contributed by atoms with E-state index in [0.717, 1.165) is 22.2 Å². The van der Waals surface area contributed by atoms with E-state index in [1.165, 1.54) is 0 Å². The van der Waals surface area contributed by atoms with Crippen LogP contribution >= 0.6 is 0 Å². The molecule has 3 aromatic rings. The molecule has 0 aliphatic carbocycles. The zero-order valence-corrected chi connectivity index (χ0v) is 12.4. The van der Waals surface area contributed by atoms with Crippen molar-refractivity contribution in [1.82, 2.24) is 4.98 Å². The molecule has 4 nitrogen and oxygen atoms in total. The third-order valence-electron chi connectivity index (χ3n) is 3.64. The summed E-state index contributed by atoms with van der Waals surface area (Å²) in [6, 6.07) is 14.9. The van der Waals surface area contributed by atoms with Crippen LogP contribution in [0.4, 0.5) is 5.69 Å². The van der Waals surface area contributed by atoms with E-state index in [1.54, 1.807) is 24.3 Å². The molecule has 2 aromatic carbocycles. The molecule has 0 saturated carbocycles. The fourth-order valence-electron chi connectivity index (χ4n) is 2.56. The van der Waals surface area contributed by atoms with E-state index in [4.69, 9.17) is 5.26 Å². The molecule has 4 heteroatoms. The Labute approximate surface area is 128 Å². The Morgan fingerprint density at radius 3 is 2.55 bits per heavy atom. The summed E-state index contributed by atoms with van der Waals surface area (Å²) in [7, 11) is 0. The van der Waals surface area contributed by atoms with Crippen molar-refractivity contribution in [2.24, 2.45) is 0 Å². The van der Waals surface area contributed by atoms with Crippen LogP contribution < -0.4 is 5.32 Å². The first-order valence-electron chi connectivity index (χ1n) is 6.99. The van der Waals surface area contributed by atoms with Gasteiger partial charge in [0.05, 0.1) is 17.2 Å². The number of hydrogen-bond donors (Lipinski definition) is 2. The lowest BCUT2D eigenvalue weighted by atomic mass is 10.1. The van der Waals surface area contributed by atoms with Crippen LogP contribution in [0.15, 0.2) is 42.5 Å². The first-order chi connectivity index (χ1) is 10.6. The molecule has 1 aromatic heterocycles. The number of aryl methyl sites for hydroxylation is 2. The quantitative estimate of drug-likeness (QED) is 0.751. The Bertz CT molecular complexity index is 898. The number of rotatable bonds is 2. The molecule has 2 N–H and O–H groups in total. The van der Waals surface area contributed by atoms with Crippen LogP contribution in [-0.2, 0) is 0 Å². The van der Waals surface area contributed by atoms with Gasteiger partial charge in [-0.3, -0.25) is 4.79 Å². The number of nitriles is 1. The molecule has 0 aliphatic heterocycles. The summed E-state index contributed by atoms with van der Waals surface area (Å²) in [6.45, 7) is 3.91. The van der Waals surface area contributed by atoms with Crippen molar-refractivity contribution < 1.29 is 4.79 Å². The first-order valence-corrected chi connectivity index (χ1v) is 6.99. The van der Waals surface area contributed by atoms with Gasteiger partial charge in [0.1, 0.15) is 0 Å². The van der Waals surface area contributed by atoms with Gasteiger partial charge in [0.25, 0.3) is 5.91 Å². The summed E-state index contributed by atoms with van der Waals surface area (Å²) in [5.74, 6) is -0.155. The van der Waals surface area contributed by atoms with Crippen LogP contribution in [0.1, 0.15) is 27.2 Å². The Hall–Kier alpha value is -3.06. The smallest absolute Gasteiger partial charge is 0.258 e. The van der Waals surface area contributed by atoms with Crippen LogP contribution in [0.25, 0.3) is 10.9 Å². The molecule has 1 amide bonds. The van der Waals surface area contributed by atoms with Gasteiger partial charge in [-0.25, -0.2) is 0 Å². The molecule has 0 unspecified atom stereocenters. The number of hydrogen-bond acceptors (Lipinski definition) is 2. The minimum absolute atomic E-state index is 0.155. The number of aromatic nitrogens is 1. The third kappa shape index (κ3) is 2.45. The predicted octanol–water partition coefficient (Wildman–Crippen LogP) is 3.91. The molecule has 108 valence electrons. The van der Waals surface area contributed by atoms with Crippen LogP contribution in [0.2, 0.25) is 0 Å². The number of benzene rings is 2. The Balaban J connectivity index is 1.95. The maximum Gasteiger partial charge on any atom is 0.258 e. The third-order valence-corrected chi connectivity index (χ3v) is 3.64. The van der Waals surface area contributed by atoms with Gasteiger partial charge in [-0.1, -0.05) is 12.1 Å². The van der Waals surface area contributed by atoms with Crippen molar-refractivity contribution >= 4 is 22.5 Å². The number of aromatic amines is 1. The van der Waals surface area contributed by atoms with Gasteiger partial charge >= 0.3 is 0 Å². The number of carbonyl (C=O) groups is 1. The van der Waals surface area contributed by atoms with E-state index in [0.29, 0.717) is 16.8 Å². The lowest BCUT2D eigenvalue weighted by molar-refractivity contribution is 0.102. The molecular formula is C18H15N3O. The second-order valence-corrected chi connectivity index (χ2v) is 5.32. The molecule has 3 rings (SSSR count). The van der Waals surface area contributed by atoms with Crippen LogP contribution in [0.5, 0.6) is 0 Å². The Morgan fingerprint density at radius 2 is 1.86 bits per heavy atom. The fraction of sp³-hybridized carbons (Fsp3) is 0.111. The van der Waals surface area contributed by atoms with Gasteiger partial charge in [-0.05, 0) is 49.7 Å². The SMILES string of the molecule is Cc1ccc2c(C(=O)Nc3ccc(C#N)cc3)c(C)[nH]c2c1. The Kier molecular flexibility index (Phi) is 3.40. The highest BCUT2D eigenvalue weighted by Gasteiger charge is 2.16. The number of nitrogens with one attached hydrogen (secondary N) is 2. The summed E-state index contributed by atoms with van der Waals surface area (Å²) >= 11 is 0. The molecule has 22 heavy (non-hydrogen) atoms. The van der Waals surface area contributed by atoms with Gasteiger partial charge in [0.2, 0.25) is 0 Å². The van der Waals surface area contributed by atoms with E-state index < -0.39 is 0 Å². The summed E-state index contributed by atoms with van der Waals surface area (Å²) in [5.41, 5.74) is 4.84. The summed E-state index contributed by atoms with van der Waals surface area (Å²) < 4.78 is 0. The van der Waals surface area contributed by atoms with Gasteiger partial charge in [0.15, 0.2) is 0 Å². The van der Waals surface area contributed by atoms with Crippen LogP contribution in [0, 0.1) is 25.2 Å². The molecular weight excluding hydrogens is 274 g/mol. The highest BCUT2D eigenvalue weighted by molar-refractivity contribution is 6.14. The average Bonchev–Trinajstić information content (AvgIpc) is 2.83. The number of nitrogens with zero attached hydrogens (tertiary/aromatic N) is 1. The minimum Gasteiger partial charge on any atom is -0.358 e. The maximum absolute atomic E-state index is 12.6. The topological polar surface area (TPSA) is 68.7 Å². The van der Waals surface area contributed by atoms with Crippen molar-refractivity contribution in [3.63, 3.8) is 0 Å². The minimum atomic E-state index is -0.155. The monoisotopic (exact) mass is 289 g/mol. The van der Waals surface area contributed by atoms with Crippen LogP contribution in [0.3, 0.4) is 0 Å². The van der Waals surface area contributed by atoms with Crippen LogP contribution in [-0.4, -0.2) is 10.9 Å². The van der Waals surface area contributed by atoms with Gasteiger partial charge in [0, 0.05) is 22.3 Å². The molecule has 1 heterocycles. The van der Waals surface area contributed by atoms with E-state index in [-0.39, 0.29) is 5.91 Å². The van der Waals surface area contributed by atoms with E-state index in [1.807, 2.05) is 32.0 Å². The summed E-state index contributed by atoms with van der Waals surface area (Å²) in [6.07, 6.45) is 0. The number of H-pyrrole nitrogens is 1. The lowest BCUT2D eigenvalue weighted by Gasteiger charge is -2.05. The molecule has 0 bridgehead atoms. The average molecular weight is 289 g/mol. The number of amides is 1. The van der Waals surface area contributed by atoms with Gasteiger partial charge in [-0.15, -0.1) is 0 Å². The second-order valence-electron chi connectivity index (χ2n) is 5.32. The van der Waals surface area contributed by atoms with Crippen molar-refractivity contribution in [1.29, 1.82) is 5.26 Å². The first kappa shape index (κ1) is 13.9. The number of fused-ring (bicyclic) bond motifs is 1. The standard InChI is InChI=1S/C18H15N3O/c1-11-3-8-15-16(9-11)20-12(2)17(15)18(22)21-14-6-4-13(10-19)5-7-14/h3-9,20H,1-2H3,(H,21,22). The molecule has 0 saturated heterocycles. The Morgan fingerprint density at radius 1 is 1.14 bits per heavy atom. The van der Waals surface area contributed by atoms with Gasteiger partial charge < -0.3 is 10.3 Å². The van der Waals surface area contributed by atoms with E-state index in [9.17, 15) is 4.79 Å². The zero-order chi connectivity index (χ0) is 15.7. The largest absolute Gasteiger partial charge is 0.358 e. The van der Waals surface area contributed by atoms with Crippen molar-refractivity contribution in [2.75, 3.05) is 5.32 Å². The van der Waals surface area contributed by atoms with Crippen molar-refractivity contribution in [2.45, 2.75) is 13.8 Å². The maximum atomic E-state index is 12.6. The van der Waals surface area contributed by atoms with Crippen molar-refractivity contribution in [3.8, 4) is 6.07 Å². The van der Waals surface area contributed by atoms with Gasteiger partial charge in [-0.2, -0.15) is 5.26 Å². The molecule has 0 radical (unpaired) electrons. The highest BCUT2D eigenvalue weighted by atomic mass is 16.1. The molecule has 0 aliphatic rings. The summed E-state index contributed by atoms with van der Waals surface area (Å²) in [5, 5.41) is 12.6. The number of carbonyl (C=O) groups excluding carboxylic acids is 1. The molecule has 0 fully saturated rings. The second kappa shape index (κ2) is 5.38. The predicted molar refractivity (Wildman–Crippen MR) is 86.9 cm³/mol. The summed E-state index contributed by atoms with van der Waals surface area (Å²) in [4.78, 5) is 15.8. The van der Waals surface area contributed by atoms with E-state index >= 15 is 0 Å². The number of anilines is 1. The molecule has 0 atom stereocenters. The fourth-order valence-corrected chi connectivity index (χ4v) is 2.56. The lowest BCUT2D eigenvalue weighted by Crippen LogP contribution is -2.12. The normalized spacial score (nSPS) is 10.4. The van der Waals surface area contributed by atoms with Crippen molar-refractivity contribution in [3.05, 3.63) is 64.8 Å².